The van der Waals surface area contributed by atoms with Gasteiger partial charge in [-0.25, -0.2) is 27.4 Å². The topological polar surface area (TPSA) is 98.4 Å². The Morgan fingerprint density at radius 3 is 2.64 bits per heavy atom. The molecule has 10 nitrogen and oxygen atoms in total. The van der Waals surface area contributed by atoms with Crippen LogP contribution in [0, 0.1) is 0 Å². The molecule has 0 atom stereocenters. The van der Waals surface area contributed by atoms with E-state index in [1.807, 2.05) is 10.9 Å². The molecule has 0 N–H and O–H groups in total. The highest BCUT2D eigenvalue weighted by Crippen LogP contribution is 2.38. The zero-order valence-corrected chi connectivity index (χ0v) is 22.3. The molecule has 2 aliphatic rings. The Hall–Kier alpha value is -2.76. The van der Waals surface area contributed by atoms with Crippen LogP contribution in [-0.4, -0.2) is 88.0 Å². The number of rotatable bonds is 7. The minimum absolute atomic E-state index is 0.166. The third-order valence-corrected chi connectivity index (χ3v) is 9.00. The van der Waals surface area contributed by atoms with Crippen molar-refractivity contribution in [3.8, 4) is 28.7 Å². The van der Waals surface area contributed by atoms with Crippen LogP contribution >= 0.6 is 0 Å². The monoisotopic (exact) mass is 513 g/mol. The Morgan fingerprint density at radius 1 is 1.14 bits per heavy atom. The molecule has 11 heteroatoms. The Labute approximate surface area is 213 Å². The number of piperidine rings is 1. The van der Waals surface area contributed by atoms with E-state index < -0.39 is 10.0 Å². The van der Waals surface area contributed by atoms with Crippen LogP contribution in [0.5, 0.6) is 5.75 Å². The fraction of sp³-hybridized carbons (Fsp3) is 0.560. The molecule has 194 valence electrons. The first kappa shape index (κ1) is 24.9. The maximum atomic E-state index is 12.1. The van der Waals surface area contributed by atoms with Gasteiger partial charge < -0.3 is 14.2 Å². The van der Waals surface area contributed by atoms with E-state index in [9.17, 15) is 8.42 Å². The van der Waals surface area contributed by atoms with Gasteiger partial charge in [-0.1, -0.05) is 6.07 Å². The summed E-state index contributed by atoms with van der Waals surface area (Å²) in [6, 6.07) is 6.69. The summed E-state index contributed by atoms with van der Waals surface area (Å²) in [5.41, 5.74) is 3.08. The van der Waals surface area contributed by atoms with Crippen LogP contribution in [0.25, 0.3) is 22.9 Å². The number of nitrogens with zero attached hydrogens (tertiary/aromatic N) is 7. The summed E-state index contributed by atoms with van der Waals surface area (Å²) in [6.45, 7) is 7.84. The molecule has 2 aliphatic heterocycles. The fourth-order valence-corrected chi connectivity index (χ4v) is 5.84. The van der Waals surface area contributed by atoms with E-state index in [1.54, 1.807) is 20.4 Å². The molecular weight excluding hydrogens is 478 g/mol. The summed E-state index contributed by atoms with van der Waals surface area (Å²) in [7, 11) is 0.0178. The van der Waals surface area contributed by atoms with Crippen LogP contribution in [0.15, 0.2) is 30.7 Å². The van der Waals surface area contributed by atoms with Gasteiger partial charge in [-0.05, 0) is 63.4 Å². The van der Waals surface area contributed by atoms with Crippen molar-refractivity contribution < 1.29 is 13.2 Å². The number of likely N-dealkylation sites (tertiary alicyclic amines) is 1. The minimum Gasteiger partial charge on any atom is -0.491 e. The van der Waals surface area contributed by atoms with Gasteiger partial charge in [0.15, 0.2) is 5.82 Å². The van der Waals surface area contributed by atoms with Crippen molar-refractivity contribution >= 4 is 10.0 Å². The first-order valence-corrected chi connectivity index (χ1v) is 14.2. The number of imidazole rings is 1. The normalized spacial score (nSPS) is 17.2. The maximum Gasteiger partial charge on any atom is 0.214 e. The van der Waals surface area contributed by atoms with Crippen molar-refractivity contribution in [1.82, 2.24) is 33.5 Å². The summed E-state index contributed by atoms with van der Waals surface area (Å²) in [5, 5.41) is 4.36. The molecule has 0 amide bonds. The third-order valence-electron chi connectivity index (χ3n) is 7.18. The lowest BCUT2D eigenvalue weighted by atomic mass is 9.88. The Kier molecular flexibility index (Phi) is 6.88. The molecular formula is C25H35N7O3S. The predicted molar refractivity (Wildman–Crippen MR) is 138 cm³/mol. The Morgan fingerprint density at radius 2 is 1.92 bits per heavy atom. The van der Waals surface area contributed by atoms with Gasteiger partial charge in [0.25, 0.3) is 0 Å². The number of benzene rings is 1. The van der Waals surface area contributed by atoms with Gasteiger partial charge in [0.2, 0.25) is 10.0 Å². The average Bonchev–Trinajstić information content (AvgIpc) is 3.47. The van der Waals surface area contributed by atoms with Crippen molar-refractivity contribution in [2.45, 2.75) is 45.2 Å². The zero-order valence-electron chi connectivity index (χ0n) is 21.5. The second-order valence-electron chi connectivity index (χ2n) is 10.1. The number of hydrogen-bond acceptors (Lipinski definition) is 7. The number of ether oxygens (including phenoxy) is 1. The van der Waals surface area contributed by atoms with Gasteiger partial charge in [-0.3, -0.25) is 0 Å². The molecule has 2 aromatic heterocycles. The van der Waals surface area contributed by atoms with Crippen LogP contribution in [0.2, 0.25) is 0 Å². The molecule has 36 heavy (non-hydrogen) atoms. The van der Waals surface area contributed by atoms with Gasteiger partial charge in [-0.2, -0.15) is 5.10 Å². The van der Waals surface area contributed by atoms with E-state index in [2.05, 4.69) is 51.6 Å². The molecule has 4 heterocycles. The molecule has 0 saturated carbocycles. The second-order valence-corrected chi connectivity index (χ2v) is 12.4. The van der Waals surface area contributed by atoms with Gasteiger partial charge in [0.05, 0.1) is 17.9 Å². The number of aromatic nitrogens is 5. The van der Waals surface area contributed by atoms with Gasteiger partial charge in [0.1, 0.15) is 30.2 Å². The standard InChI is InChI=1S/C25H35N7O3S/c1-18(2)32-25(26-17-27-32)22-16-31-11-13-35-23-15-20(5-6-21(23)24(31)28-22)19-7-9-30(10-8-19)12-14-36(33,34)29(3)4/h5-6,15-19H,7-14H2,1-4H3. The lowest BCUT2D eigenvalue weighted by Gasteiger charge is -2.32. The lowest BCUT2D eigenvalue weighted by molar-refractivity contribution is 0.222. The molecule has 1 aromatic carbocycles. The van der Waals surface area contributed by atoms with Crippen molar-refractivity contribution in [2.24, 2.45) is 0 Å². The molecule has 1 fully saturated rings. The molecule has 5 rings (SSSR count). The highest BCUT2D eigenvalue weighted by atomic mass is 32.2. The van der Waals surface area contributed by atoms with Crippen molar-refractivity contribution in [1.29, 1.82) is 0 Å². The van der Waals surface area contributed by atoms with Gasteiger partial charge in [0, 0.05) is 32.9 Å². The minimum atomic E-state index is -3.16. The summed E-state index contributed by atoms with van der Waals surface area (Å²) in [6.07, 6.45) is 5.63. The lowest BCUT2D eigenvalue weighted by Crippen LogP contribution is -2.38. The number of fused-ring (bicyclic) bond motifs is 3. The summed E-state index contributed by atoms with van der Waals surface area (Å²) < 4.78 is 35.7. The molecule has 0 aliphatic carbocycles. The van der Waals surface area contributed by atoms with Crippen LogP contribution in [0.3, 0.4) is 0 Å². The molecule has 0 bridgehead atoms. The van der Waals surface area contributed by atoms with Crippen LogP contribution < -0.4 is 4.74 Å². The van der Waals surface area contributed by atoms with Crippen molar-refractivity contribution in [2.75, 3.05) is 46.1 Å². The van der Waals surface area contributed by atoms with E-state index >= 15 is 0 Å². The average molecular weight is 514 g/mol. The third kappa shape index (κ3) is 4.91. The Balaban J connectivity index is 1.31. The second kappa shape index (κ2) is 9.95. The smallest absolute Gasteiger partial charge is 0.214 e. The van der Waals surface area contributed by atoms with Crippen LogP contribution in [0.4, 0.5) is 0 Å². The van der Waals surface area contributed by atoms with Gasteiger partial charge >= 0.3 is 0 Å². The van der Waals surface area contributed by atoms with E-state index in [4.69, 9.17) is 9.72 Å². The zero-order chi connectivity index (χ0) is 25.4. The van der Waals surface area contributed by atoms with E-state index in [0.717, 1.165) is 61.1 Å². The largest absolute Gasteiger partial charge is 0.491 e. The first-order chi connectivity index (χ1) is 17.2. The molecule has 3 aromatic rings. The fourth-order valence-electron chi connectivity index (χ4n) is 4.99. The summed E-state index contributed by atoms with van der Waals surface area (Å²) >= 11 is 0. The highest BCUT2D eigenvalue weighted by Gasteiger charge is 2.26. The molecule has 0 spiro atoms. The SMILES string of the molecule is CC(C)n1ncnc1-c1cn2c(n1)-c1ccc(C3CCN(CCS(=O)(=O)N(C)C)CC3)cc1OCC2. The molecule has 0 radical (unpaired) electrons. The van der Waals surface area contributed by atoms with Crippen LogP contribution in [0.1, 0.15) is 44.2 Å². The van der Waals surface area contributed by atoms with E-state index in [1.165, 1.54) is 9.87 Å². The maximum absolute atomic E-state index is 12.1. The molecule has 1 saturated heterocycles. The quantitative estimate of drug-likeness (QED) is 0.479. The number of sulfonamides is 1. The number of hydrogen-bond donors (Lipinski definition) is 0. The Bertz CT molecular complexity index is 1320. The summed E-state index contributed by atoms with van der Waals surface area (Å²) in [4.78, 5) is 11.7. The first-order valence-electron chi connectivity index (χ1n) is 12.6. The van der Waals surface area contributed by atoms with Crippen molar-refractivity contribution in [3.05, 3.63) is 36.3 Å². The van der Waals surface area contributed by atoms with Gasteiger partial charge in [-0.15, -0.1) is 0 Å². The van der Waals surface area contributed by atoms with E-state index in [-0.39, 0.29) is 11.8 Å². The molecule has 0 unspecified atom stereocenters. The highest BCUT2D eigenvalue weighted by molar-refractivity contribution is 7.89. The summed E-state index contributed by atoms with van der Waals surface area (Å²) in [5.74, 6) is 3.13. The predicted octanol–water partition coefficient (Wildman–Crippen LogP) is 2.85. The van der Waals surface area contributed by atoms with E-state index in [0.29, 0.717) is 19.1 Å². The van der Waals surface area contributed by atoms with Crippen LogP contribution in [-0.2, 0) is 16.6 Å². The van der Waals surface area contributed by atoms with Crippen molar-refractivity contribution in [3.63, 3.8) is 0 Å².